The van der Waals surface area contributed by atoms with Crippen molar-refractivity contribution in [1.82, 2.24) is 10.2 Å². The van der Waals surface area contributed by atoms with Crippen molar-refractivity contribution in [3.8, 4) is 0 Å². The first-order valence-electron chi connectivity index (χ1n) is 8.39. The van der Waals surface area contributed by atoms with Gasteiger partial charge in [0.1, 0.15) is 12.1 Å². The molecule has 2 unspecified atom stereocenters. The molecule has 2 amide bonds. The molecule has 0 bridgehead atoms. The normalized spacial score (nSPS) is 18.2. The fourth-order valence-corrected chi connectivity index (χ4v) is 3.02. The van der Waals surface area contributed by atoms with Gasteiger partial charge in [-0.1, -0.05) is 43.7 Å². The number of aliphatic carboxylic acids is 1. The molecular weight excluding hydrogens is 308 g/mol. The maximum Gasteiger partial charge on any atom is 0.326 e. The molecule has 1 fully saturated rings. The Morgan fingerprint density at radius 1 is 1.29 bits per heavy atom. The van der Waals surface area contributed by atoms with E-state index in [1.165, 1.54) is 0 Å². The van der Waals surface area contributed by atoms with Crippen LogP contribution in [0.5, 0.6) is 0 Å². The molecule has 1 aromatic carbocycles. The molecule has 0 aromatic heterocycles. The Morgan fingerprint density at radius 2 is 2.00 bits per heavy atom. The van der Waals surface area contributed by atoms with E-state index >= 15 is 0 Å². The summed E-state index contributed by atoms with van der Waals surface area (Å²) in [6, 6.07) is 7.93. The van der Waals surface area contributed by atoms with Crippen molar-refractivity contribution in [3.63, 3.8) is 0 Å². The highest BCUT2D eigenvalue weighted by atomic mass is 16.4. The molecule has 0 spiro atoms. The first-order chi connectivity index (χ1) is 11.5. The molecule has 130 valence electrons. The summed E-state index contributed by atoms with van der Waals surface area (Å²) in [4.78, 5) is 37.7. The number of carboxylic acid groups (broad SMARTS) is 1. The maximum absolute atomic E-state index is 12.5. The molecule has 1 aromatic rings. The molecule has 1 aliphatic rings. The van der Waals surface area contributed by atoms with Gasteiger partial charge in [0.15, 0.2) is 0 Å². The number of carbonyl (C=O) groups is 3. The van der Waals surface area contributed by atoms with Crippen molar-refractivity contribution < 1.29 is 19.5 Å². The largest absolute Gasteiger partial charge is 0.480 e. The van der Waals surface area contributed by atoms with E-state index < -0.39 is 18.1 Å². The zero-order valence-corrected chi connectivity index (χ0v) is 13.9. The smallest absolute Gasteiger partial charge is 0.326 e. The van der Waals surface area contributed by atoms with Crippen molar-refractivity contribution in [3.05, 3.63) is 35.9 Å². The van der Waals surface area contributed by atoms with Crippen molar-refractivity contribution in [2.75, 3.05) is 6.54 Å². The summed E-state index contributed by atoms with van der Waals surface area (Å²) in [6.07, 6.45) is 2.63. The zero-order chi connectivity index (χ0) is 17.5. The minimum absolute atomic E-state index is 0.0961. The molecule has 1 aliphatic heterocycles. The van der Waals surface area contributed by atoms with Crippen LogP contribution in [0.3, 0.4) is 0 Å². The molecule has 2 rings (SSSR count). The minimum Gasteiger partial charge on any atom is -0.480 e. The summed E-state index contributed by atoms with van der Waals surface area (Å²) in [5.74, 6) is -1.50. The van der Waals surface area contributed by atoms with Gasteiger partial charge in [-0.3, -0.25) is 9.59 Å². The zero-order valence-electron chi connectivity index (χ0n) is 13.9. The Hall–Kier alpha value is -2.37. The van der Waals surface area contributed by atoms with Crippen LogP contribution in [0.25, 0.3) is 0 Å². The van der Waals surface area contributed by atoms with Crippen molar-refractivity contribution in [1.29, 1.82) is 0 Å². The average molecular weight is 332 g/mol. The van der Waals surface area contributed by atoms with Gasteiger partial charge >= 0.3 is 5.97 Å². The number of carbonyl (C=O) groups excluding carboxylic acids is 2. The van der Waals surface area contributed by atoms with E-state index in [2.05, 4.69) is 5.32 Å². The number of hydrogen-bond acceptors (Lipinski definition) is 3. The van der Waals surface area contributed by atoms with Gasteiger partial charge in [0, 0.05) is 6.54 Å². The Morgan fingerprint density at radius 3 is 2.62 bits per heavy atom. The molecule has 2 atom stereocenters. The van der Waals surface area contributed by atoms with Crippen molar-refractivity contribution >= 4 is 17.8 Å². The first kappa shape index (κ1) is 18.0. The van der Waals surface area contributed by atoms with Crippen molar-refractivity contribution in [2.45, 2.75) is 51.1 Å². The second kappa shape index (κ2) is 8.47. The van der Waals surface area contributed by atoms with Crippen LogP contribution in [-0.4, -0.2) is 46.4 Å². The van der Waals surface area contributed by atoms with Crippen LogP contribution in [0, 0.1) is 0 Å². The summed E-state index contributed by atoms with van der Waals surface area (Å²) >= 11 is 0. The lowest BCUT2D eigenvalue weighted by atomic mass is 10.1. The van der Waals surface area contributed by atoms with E-state index in [-0.39, 0.29) is 18.2 Å². The standard InChI is InChI=1S/C18H24N2O4/c1-2-7-14(18(23)24)19-17(22)15-10-6-11-20(15)16(21)12-13-8-4-3-5-9-13/h3-5,8-9,14-15H,2,6-7,10-12H2,1H3,(H,19,22)(H,23,24). The lowest BCUT2D eigenvalue weighted by Gasteiger charge is -2.25. The molecule has 24 heavy (non-hydrogen) atoms. The molecule has 0 aliphatic carbocycles. The molecule has 6 heteroatoms. The third-order valence-corrected chi connectivity index (χ3v) is 4.27. The van der Waals surface area contributed by atoms with Gasteiger partial charge in [-0.05, 0) is 24.8 Å². The van der Waals surface area contributed by atoms with Gasteiger partial charge in [0.25, 0.3) is 0 Å². The van der Waals surface area contributed by atoms with Crippen molar-refractivity contribution in [2.24, 2.45) is 0 Å². The summed E-state index contributed by atoms with van der Waals surface area (Å²) in [5.41, 5.74) is 0.906. The topological polar surface area (TPSA) is 86.7 Å². The monoisotopic (exact) mass is 332 g/mol. The fourth-order valence-electron chi connectivity index (χ4n) is 3.02. The molecule has 1 heterocycles. The SMILES string of the molecule is CCCC(NC(=O)C1CCCN1C(=O)Cc1ccccc1)C(=O)O. The summed E-state index contributed by atoms with van der Waals surface area (Å²) in [6.45, 7) is 2.41. The lowest BCUT2D eigenvalue weighted by molar-refractivity contribution is -0.143. The number of rotatable bonds is 7. The maximum atomic E-state index is 12.5. The van der Waals surface area contributed by atoms with Gasteiger partial charge in [-0.25, -0.2) is 4.79 Å². The third-order valence-electron chi connectivity index (χ3n) is 4.27. The quantitative estimate of drug-likeness (QED) is 0.794. The van der Waals surface area contributed by atoms with Crippen LogP contribution in [0.2, 0.25) is 0 Å². The number of nitrogens with one attached hydrogen (secondary N) is 1. The van der Waals surface area contributed by atoms with E-state index in [1.54, 1.807) is 4.90 Å². The highest BCUT2D eigenvalue weighted by molar-refractivity contribution is 5.91. The second-order valence-corrected chi connectivity index (χ2v) is 6.10. The Kier molecular flexibility index (Phi) is 6.35. The Balaban J connectivity index is 1.99. The number of nitrogens with zero attached hydrogens (tertiary/aromatic N) is 1. The summed E-state index contributed by atoms with van der Waals surface area (Å²) in [7, 11) is 0. The summed E-state index contributed by atoms with van der Waals surface area (Å²) < 4.78 is 0. The van der Waals surface area contributed by atoms with Gasteiger partial charge in [-0.15, -0.1) is 0 Å². The van der Waals surface area contributed by atoms with Gasteiger partial charge in [0.2, 0.25) is 11.8 Å². The van der Waals surface area contributed by atoms with Crippen LogP contribution in [0.15, 0.2) is 30.3 Å². The first-order valence-corrected chi connectivity index (χ1v) is 8.39. The molecule has 0 saturated carbocycles. The second-order valence-electron chi connectivity index (χ2n) is 6.10. The molecule has 1 saturated heterocycles. The molecule has 6 nitrogen and oxygen atoms in total. The molecule has 2 N–H and O–H groups in total. The minimum atomic E-state index is -1.04. The lowest BCUT2D eigenvalue weighted by Crippen LogP contribution is -2.51. The molecular formula is C18H24N2O4. The number of likely N-dealkylation sites (tertiary alicyclic amines) is 1. The van der Waals surface area contributed by atoms with E-state index in [9.17, 15) is 19.5 Å². The van der Waals surface area contributed by atoms with Gasteiger partial charge in [0.05, 0.1) is 6.42 Å². The van der Waals surface area contributed by atoms with E-state index in [0.717, 1.165) is 12.0 Å². The van der Waals surface area contributed by atoms with Crippen LogP contribution < -0.4 is 5.32 Å². The highest BCUT2D eigenvalue weighted by Crippen LogP contribution is 2.19. The Bertz CT molecular complexity index is 588. The van der Waals surface area contributed by atoms with Crippen LogP contribution >= 0.6 is 0 Å². The van der Waals surface area contributed by atoms with Crippen LogP contribution in [0.1, 0.15) is 38.2 Å². The van der Waals surface area contributed by atoms with E-state index in [4.69, 9.17) is 0 Å². The third kappa shape index (κ3) is 4.57. The molecule has 0 radical (unpaired) electrons. The van der Waals surface area contributed by atoms with E-state index in [1.807, 2.05) is 37.3 Å². The number of amides is 2. The highest BCUT2D eigenvalue weighted by Gasteiger charge is 2.35. The van der Waals surface area contributed by atoms with Crippen LogP contribution in [-0.2, 0) is 20.8 Å². The predicted octanol–water partition coefficient (Wildman–Crippen LogP) is 1.59. The Labute approximate surface area is 141 Å². The predicted molar refractivity (Wildman–Crippen MR) is 89.4 cm³/mol. The number of hydrogen-bond donors (Lipinski definition) is 2. The van der Waals surface area contributed by atoms with Gasteiger partial charge < -0.3 is 15.3 Å². The summed E-state index contributed by atoms with van der Waals surface area (Å²) in [5, 5.41) is 11.7. The van der Waals surface area contributed by atoms with Crippen LogP contribution in [0.4, 0.5) is 0 Å². The number of benzene rings is 1. The average Bonchev–Trinajstić information content (AvgIpc) is 3.05. The number of carboxylic acids is 1. The van der Waals surface area contributed by atoms with Gasteiger partial charge in [-0.2, -0.15) is 0 Å². The fraction of sp³-hybridized carbons (Fsp3) is 0.500. The van der Waals surface area contributed by atoms with E-state index in [0.29, 0.717) is 25.8 Å².